The minimum absolute atomic E-state index is 0.855. The van der Waals surface area contributed by atoms with E-state index in [9.17, 15) is 0 Å². The fourth-order valence-corrected chi connectivity index (χ4v) is 9.61. The standard InChI is InChI=1S/C64H43NO/c1-3-15-44(16-4-1)45-27-29-48(30-28-45)57-22-12-13-25-62(57)65(54-38-33-49(34-39-54)60-42-51-19-7-9-21-55(51)58-23-10-11-24-59(58)60)53-36-31-46(32-37-53)50-35-40-56(47-17-5-2-6-18-47)61(41-50)64-43-52-20-8-14-26-63(52)66-64/h1-43H. The van der Waals surface area contributed by atoms with Crippen molar-refractivity contribution in [2.24, 2.45) is 0 Å². The highest BCUT2D eigenvalue weighted by Crippen LogP contribution is 2.44. The number of benzene rings is 11. The van der Waals surface area contributed by atoms with Crippen LogP contribution in [0.25, 0.3) is 99.5 Å². The third kappa shape index (κ3) is 7.21. The molecule has 0 radical (unpaired) electrons. The van der Waals surface area contributed by atoms with Gasteiger partial charge in [0.05, 0.1) is 5.69 Å². The maximum Gasteiger partial charge on any atom is 0.136 e. The van der Waals surface area contributed by atoms with Crippen molar-refractivity contribution in [1.82, 2.24) is 0 Å². The van der Waals surface area contributed by atoms with E-state index in [1.807, 2.05) is 12.1 Å². The number of furan rings is 1. The molecule has 2 nitrogen and oxygen atoms in total. The van der Waals surface area contributed by atoms with Crippen molar-refractivity contribution in [2.75, 3.05) is 4.90 Å². The molecule has 310 valence electrons. The summed E-state index contributed by atoms with van der Waals surface area (Å²) in [4.78, 5) is 2.39. The highest BCUT2D eigenvalue weighted by atomic mass is 16.3. The van der Waals surface area contributed by atoms with Crippen LogP contribution in [0.15, 0.2) is 265 Å². The summed E-state index contributed by atoms with van der Waals surface area (Å²) in [6.07, 6.45) is 0. The molecular weight excluding hydrogens is 799 g/mol. The van der Waals surface area contributed by atoms with Crippen molar-refractivity contribution < 1.29 is 4.42 Å². The molecule has 0 saturated heterocycles. The third-order valence-corrected chi connectivity index (χ3v) is 12.9. The average molecular weight is 842 g/mol. The van der Waals surface area contributed by atoms with Crippen molar-refractivity contribution in [3.63, 3.8) is 0 Å². The van der Waals surface area contributed by atoms with E-state index in [0.29, 0.717) is 0 Å². The van der Waals surface area contributed by atoms with Gasteiger partial charge in [-0.05, 0) is 126 Å². The van der Waals surface area contributed by atoms with Crippen LogP contribution in [0.5, 0.6) is 0 Å². The van der Waals surface area contributed by atoms with Crippen LogP contribution in [-0.2, 0) is 0 Å². The molecule has 0 unspecified atom stereocenters. The summed E-state index contributed by atoms with van der Waals surface area (Å²) in [7, 11) is 0. The second-order valence-corrected chi connectivity index (χ2v) is 16.9. The Morgan fingerprint density at radius 3 is 1.47 bits per heavy atom. The van der Waals surface area contributed by atoms with Gasteiger partial charge in [-0.2, -0.15) is 0 Å². The molecule has 0 bridgehead atoms. The zero-order valence-corrected chi connectivity index (χ0v) is 36.2. The molecule has 0 saturated carbocycles. The van der Waals surface area contributed by atoms with Crippen LogP contribution in [0.4, 0.5) is 17.1 Å². The third-order valence-electron chi connectivity index (χ3n) is 12.9. The van der Waals surface area contributed by atoms with Gasteiger partial charge in [-0.3, -0.25) is 0 Å². The molecule has 0 atom stereocenters. The van der Waals surface area contributed by atoms with E-state index in [1.54, 1.807) is 0 Å². The van der Waals surface area contributed by atoms with Crippen LogP contribution >= 0.6 is 0 Å². The summed E-state index contributed by atoms with van der Waals surface area (Å²) in [5, 5.41) is 6.12. The molecule has 0 aliphatic heterocycles. The predicted molar refractivity (Wildman–Crippen MR) is 279 cm³/mol. The molecular formula is C64H43NO. The normalized spacial score (nSPS) is 11.3. The first-order valence-corrected chi connectivity index (χ1v) is 22.6. The quantitative estimate of drug-likeness (QED) is 0.135. The Hall–Kier alpha value is -8.72. The van der Waals surface area contributed by atoms with E-state index >= 15 is 0 Å². The highest BCUT2D eigenvalue weighted by Gasteiger charge is 2.20. The van der Waals surface area contributed by atoms with Gasteiger partial charge < -0.3 is 9.32 Å². The average Bonchev–Trinajstić information content (AvgIpc) is 3.84. The van der Waals surface area contributed by atoms with Gasteiger partial charge in [0, 0.05) is 27.9 Å². The lowest BCUT2D eigenvalue weighted by Crippen LogP contribution is -2.11. The Morgan fingerprint density at radius 2 is 0.742 bits per heavy atom. The first-order valence-electron chi connectivity index (χ1n) is 22.6. The Balaban J connectivity index is 0.967. The molecule has 1 aromatic heterocycles. The maximum atomic E-state index is 6.50. The minimum Gasteiger partial charge on any atom is -0.456 e. The fraction of sp³-hybridized carbons (Fsp3) is 0. The van der Waals surface area contributed by atoms with Crippen molar-refractivity contribution in [1.29, 1.82) is 0 Å². The molecule has 0 fully saturated rings. The van der Waals surface area contributed by atoms with Crippen LogP contribution in [0.3, 0.4) is 0 Å². The van der Waals surface area contributed by atoms with E-state index in [1.165, 1.54) is 43.8 Å². The second kappa shape index (κ2) is 16.8. The zero-order chi connectivity index (χ0) is 43.8. The van der Waals surface area contributed by atoms with Gasteiger partial charge in [-0.1, -0.05) is 206 Å². The van der Waals surface area contributed by atoms with Gasteiger partial charge in [0.25, 0.3) is 0 Å². The monoisotopic (exact) mass is 841 g/mol. The van der Waals surface area contributed by atoms with Gasteiger partial charge in [0.15, 0.2) is 0 Å². The number of anilines is 3. The summed E-state index contributed by atoms with van der Waals surface area (Å²) in [6.45, 7) is 0. The summed E-state index contributed by atoms with van der Waals surface area (Å²) < 4.78 is 6.50. The molecule has 12 rings (SSSR count). The Morgan fingerprint density at radius 1 is 0.258 bits per heavy atom. The Labute approximate surface area is 384 Å². The molecule has 1 heterocycles. The lowest BCUT2D eigenvalue weighted by molar-refractivity contribution is 0.632. The predicted octanol–water partition coefficient (Wildman–Crippen LogP) is 18.2. The summed E-state index contributed by atoms with van der Waals surface area (Å²) in [5.41, 5.74) is 16.8. The van der Waals surface area contributed by atoms with Crippen molar-refractivity contribution in [3.8, 4) is 67.0 Å². The second-order valence-electron chi connectivity index (χ2n) is 16.9. The lowest BCUT2D eigenvalue weighted by Gasteiger charge is -2.28. The smallest absolute Gasteiger partial charge is 0.136 e. The number of fused-ring (bicyclic) bond motifs is 4. The Bertz CT molecular complexity index is 3630. The van der Waals surface area contributed by atoms with Gasteiger partial charge in [-0.25, -0.2) is 0 Å². The van der Waals surface area contributed by atoms with Crippen LogP contribution in [0.1, 0.15) is 0 Å². The highest BCUT2D eigenvalue weighted by molar-refractivity contribution is 6.13. The molecule has 12 aromatic rings. The molecule has 0 N–H and O–H groups in total. The molecule has 0 amide bonds. The van der Waals surface area contributed by atoms with Crippen LogP contribution in [-0.4, -0.2) is 0 Å². The van der Waals surface area contributed by atoms with Crippen molar-refractivity contribution in [3.05, 3.63) is 261 Å². The van der Waals surface area contributed by atoms with Gasteiger partial charge in [0.1, 0.15) is 11.3 Å². The van der Waals surface area contributed by atoms with Gasteiger partial charge in [-0.15, -0.1) is 0 Å². The van der Waals surface area contributed by atoms with Crippen LogP contribution in [0, 0.1) is 0 Å². The molecule has 0 aliphatic rings. The lowest BCUT2D eigenvalue weighted by atomic mass is 9.93. The molecule has 0 spiro atoms. The van der Waals surface area contributed by atoms with E-state index in [4.69, 9.17) is 4.42 Å². The first kappa shape index (κ1) is 38.9. The largest absolute Gasteiger partial charge is 0.456 e. The van der Waals surface area contributed by atoms with Crippen LogP contribution < -0.4 is 4.90 Å². The molecule has 11 aromatic carbocycles. The Kier molecular flexibility index (Phi) is 9.89. The van der Waals surface area contributed by atoms with E-state index in [2.05, 4.69) is 254 Å². The van der Waals surface area contributed by atoms with E-state index in [0.717, 1.165) is 72.7 Å². The number of rotatable bonds is 9. The topological polar surface area (TPSA) is 16.4 Å². The fourth-order valence-electron chi connectivity index (χ4n) is 9.61. The van der Waals surface area contributed by atoms with Crippen molar-refractivity contribution in [2.45, 2.75) is 0 Å². The number of para-hydroxylation sites is 2. The maximum absolute atomic E-state index is 6.50. The minimum atomic E-state index is 0.855. The molecule has 66 heavy (non-hydrogen) atoms. The zero-order valence-electron chi connectivity index (χ0n) is 36.2. The summed E-state index contributed by atoms with van der Waals surface area (Å²) in [6, 6.07) is 93.8. The van der Waals surface area contributed by atoms with E-state index in [-0.39, 0.29) is 0 Å². The first-order chi connectivity index (χ1) is 32.7. The van der Waals surface area contributed by atoms with E-state index < -0.39 is 0 Å². The number of nitrogens with zero attached hydrogens (tertiary/aromatic N) is 1. The van der Waals surface area contributed by atoms with Crippen molar-refractivity contribution >= 4 is 49.6 Å². The summed E-state index contributed by atoms with van der Waals surface area (Å²) >= 11 is 0. The van der Waals surface area contributed by atoms with Gasteiger partial charge >= 0.3 is 0 Å². The number of hydrogen-bond donors (Lipinski definition) is 0. The summed E-state index contributed by atoms with van der Waals surface area (Å²) in [5.74, 6) is 0.855. The molecule has 2 heteroatoms. The SMILES string of the molecule is c1ccc(-c2ccc(-c3ccccc3N(c3ccc(-c4ccc(-c5ccccc5)c(-c5cc6ccccc6o5)c4)cc3)c3ccc(-c4cc5ccccc5c5ccccc45)cc3)cc2)cc1. The number of hydrogen-bond acceptors (Lipinski definition) is 2. The molecule has 0 aliphatic carbocycles. The van der Waals surface area contributed by atoms with Gasteiger partial charge in [0.2, 0.25) is 0 Å². The van der Waals surface area contributed by atoms with Crippen LogP contribution in [0.2, 0.25) is 0 Å².